The molecule has 1 N–H and O–H groups in total. The normalized spacial score (nSPS) is 33.4. The van der Waals surface area contributed by atoms with Crippen LogP contribution in [0.15, 0.2) is 24.3 Å². The van der Waals surface area contributed by atoms with Gasteiger partial charge in [-0.2, -0.15) is 0 Å². The van der Waals surface area contributed by atoms with Crippen LogP contribution in [0.4, 0.5) is 0 Å². The second-order valence-corrected chi connectivity index (χ2v) is 3.48. The third kappa shape index (κ3) is 1.95. The lowest BCUT2D eigenvalue weighted by Gasteiger charge is -2.28. The van der Waals surface area contributed by atoms with Crippen LogP contribution >= 0.6 is 15.9 Å². The van der Waals surface area contributed by atoms with Crippen molar-refractivity contribution in [3.63, 3.8) is 0 Å². The average Bonchev–Trinajstić information content (AvgIpc) is 1.94. The Morgan fingerprint density at radius 3 is 2.83 bits per heavy atom. The number of esters is 1. The molecule has 0 aliphatic heterocycles. The SMILES string of the molecule is CC(=O)O[C@@]1(O)C=CC=C[C@H]1Br. The van der Waals surface area contributed by atoms with Crippen LogP contribution in [0.1, 0.15) is 6.92 Å². The molecule has 0 saturated carbocycles. The molecule has 1 rings (SSSR count). The topological polar surface area (TPSA) is 46.5 Å². The van der Waals surface area contributed by atoms with Crippen LogP contribution in [-0.2, 0) is 9.53 Å². The summed E-state index contributed by atoms with van der Waals surface area (Å²) in [7, 11) is 0. The van der Waals surface area contributed by atoms with Gasteiger partial charge in [0, 0.05) is 6.92 Å². The second kappa shape index (κ2) is 3.41. The van der Waals surface area contributed by atoms with Crippen molar-refractivity contribution in [3.8, 4) is 0 Å². The maximum absolute atomic E-state index is 10.6. The zero-order valence-electron chi connectivity index (χ0n) is 6.53. The van der Waals surface area contributed by atoms with Crippen molar-refractivity contribution in [1.82, 2.24) is 0 Å². The molecule has 2 atom stereocenters. The molecule has 0 radical (unpaired) electrons. The lowest BCUT2D eigenvalue weighted by atomic mass is 10.1. The number of hydrogen-bond donors (Lipinski definition) is 1. The van der Waals surface area contributed by atoms with Crippen molar-refractivity contribution in [2.45, 2.75) is 17.5 Å². The van der Waals surface area contributed by atoms with Crippen LogP contribution in [0.5, 0.6) is 0 Å². The van der Waals surface area contributed by atoms with Gasteiger partial charge in [-0.3, -0.25) is 4.79 Å². The van der Waals surface area contributed by atoms with Crippen LogP contribution in [0, 0.1) is 0 Å². The first-order chi connectivity index (χ1) is 5.54. The van der Waals surface area contributed by atoms with E-state index in [0.29, 0.717) is 0 Å². The van der Waals surface area contributed by atoms with Crippen molar-refractivity contribution in [2.75, 3.05) is 0 Å². The van der Waals surface area contributed by atoms with Gasteiger partial charge in [0.15, 0.2) is 0 Å². The van der Waals surface area contributed by atoms with E-state index in [1.165, 1.54) is 13.0 Å². The number of carbonyl (C=O) groups is 1. The Hall–Kier alpha value is -0.610. The molecule has 12 heavy (non-hydrogen) atoms. The van der Waals surface area contributed by atoms with Crippen LogP contribution in [0.2, 0.25) is 0 Å². The number of hydrogen-bond acceptors (Lipinski definition) is 3. The summed E-state index contributed by atoms with van der Waals surface area (Å²) in [5, 5.41) is 9.68. The lowest BCUT2D eigenvalue weighted by Crippen LogP contribution is -2.41. The van der Waals surface area contributed by atoms with E-state index in [0.717, 1.165) is 0 Å². The molecule has 4 heteroatoms. The first-order valence-electron chi connectivity index (χ1n) is 3.46. The predicted molar refractivity (Wildman–Crippen MR) is 47.7 cm³/mol. The van der Waals surface area contributed by atoms with Gasteiger partial charge in [-0.1, -0.05) is 34.2 Å². The Labute approximate surface area is 78.8 Å². The van der Waals surface area contributed by atoms with Gasteiger partial charge in [0.2, 0.25) is 5.79 Å². The summed E-state index contributed by atoms with van der Waals surface area (Å²) in [6.07, 6.45) is 6.51. The highest BCUT2D eigenvalue weighted by Gasteiger charge is 2.35. The fourth-order valence-corrected chi connectivity index (χ4v) is 1.33. The highest BCUT2D eigenvalue weighted by atomic mass is 79.9. The van der Waals surface area contributed by atoms with Gasteiger partial charge >= 0.3 is 5.97 Å². The summed E-state index contributed by atoms with van der Waals surface area (Å²) in [6, 6.07) is 0. The molecule has 0 amide bonds. The van der Waals surface area contributed by atoms with Crippen LogP contribution < -0.4 is 0 Å². The highest BCUT2D eigenvalue weighted by Crippen LogP contribution is 2.25. The van der Waals surface area contributed by atoms with E-state index >= 15 is 0 Å². The van der Waals surface area contributed by atoms with E-state index < -0.39 is 11.8 Å². The Balaban J connectivity index is 2.76. The Kier molecular flexibility index (Phi) is 2.69. The van der Waals surface area contributed by atoms with E-state index in [2.05, 4.69) is 15.9 Å². The van der Waals surface area contributed by atoms with Gasteiger partial charge in [0.05, 0.1) is 0 Å². The molecule has 0 spiro atoms. The Bertz CT molecular complexity index is 247. The number of allylic oxidation sites excluding steroid dienone is 2. The zero-order chi connectivity index (χ0) is 9.19. The minimum absolute atomic E-state index is 0.390. The van der Waals surface area contributed by atoms with Crippen molar-refractivity contribution in [3.05, 3.63) is 24.3 Å². The molecule has 1 aliphatic rings. The third-order valence-electron chi connectivity index (χ3n) is 1.43. The number of carbonyl (C=O) groups excluding carboxylic acids is 1. The van der Waals surface area contributed by atoms with E-state index in [1.54, 1.807) is 18.2 Å². The van der Waals surface area contributed by atoms with Gasteiger partial charge in [-0.05, 0) is 6.08 Å². The fourth-order valence-electron chi connectivity index (χ4n) is 0.905. The molecule has 0 aromatic heterocycles. The van der Waals surface area contributed by atoms with Crippen molar-refractivity contribution in [2.24, 2.45) is 0 Å². The van der Waals surface area contributed by atoms with Crippen LogP contribution in [-0.4, -0.2) is 21.7 Å². The van der Waals surface area contributed by atoms with Gasteiger partial charge in [0.25, 0.3) is 0 Å². The minimum Gasteiger partial charge on any atom is -0.428 e. The molecule has 0 aromatic rings. The van der Waals surface area contributed by atoms with Gasteiger partial charge in [-0.15, -0.1) is 0 Å². The first kappa shape index (κ1) is 9.48. The number of ether oxygens (including phenoxy) is 1. The number of rotatable bonds is 1. The van der Waals surface area contributed by atoms with Gasteiger partial charge < -0.3 is 9.84 Å². The zero-order valence-corrected chi connectivity index (χ0v) is 8.11. The maximum Gasteiger partial charge on any atom is 0.305 e. The molecule has 3 nitrogen and oxygen atoms in total. The molecule has 0 saturated heterocycles. The summed E-state index contributed by atoms with van der Waals surface area (Å²) >= 11 is 3.17. The van der Waals surface area contributed by atoms with Crippen molar-refractivity contribution < 1.29 is 14.6 Å². The molecule has 0 aromatic carbocycles. The number of halogens is 1. The first-order valence-corrected chi connectivity index (χ1v) is 4.38. The summed E-state index contributed by atoms with van der Waals surface area (Å²) in [5.41, 5.74) is 0. The standard InChI is InChI=1S/C8H9BrO3/c1-6(10)12-8(11)5-3-2-4-7(8)9/h2-5,7,11H,1H3/t7-,8+/m1/s1. The largest absolute Gasteiger partial charge is 0.428 e. The van der Waals surface area contributed by atoms with E-state index in [1.807, 2.05) is 0 Å². The summed E-state index contributed by atoms with van der Waals surface area (Å²) in [4.78, 5) is 10.2. The van der Waals surface area contributed by atoms with Crippen molar-refractivity contribution >= 4 is 21.9 Å². The van der Waals surface area contributed by atoms with Crippen LogP contribution in [0.25, 0.3) is 0 Å². The molecule has 0 fully saturated rings. The molecule has 66 valence electrons. The molecule has 0 heterocycles. The van der Waals surface area contributed by atoms with Crippen LogP contribution in [0.3, 0.4) is 0 Å². The average molecular weight is 233 g/mol. The Morgan fingerprint density at radius 1 is 1.67 bits per heavy atom. The monoisotopic (exact) mass is 232 g/mol. The molecule has 0 bridgehead atoms. The van der Waals surface area contributed by atoms with Crippen molar-refractivity contribution in [1.29, 1.82) is 0 Å². The predicted octanol–water partition coefficient (Wildman–Crippen LogP) is 1.13. The van der Waals surface area contributed by atoms with E-state index in [4.69, 9.17) is 4.74 Å². The number of alkyl halides is 1. The molecule has 1 aliphatic carbocycles. The van der Waals surface area contributed by atoms with Gasteiger partial charge in [0.1, 0.15) is 4.83 Å². The number of aliphatic hydroxyl groups is 1. The quantitative estimate of drug-likeness (QED) is 0.419. The third-order valence-corrected chi connectivity index (χ3v) is 2.39. The second-order valence-electron chi connectivity index (χ2n) is 2.49. The minimum atomic E-state index is -1.54. The lowest BCUT2D eigenvalue weighted by molar-refractivity contribution is -0.184. The van der Waals surface area contributed by atoms with Gasteiger partial charge in [-0.25, -0.2) is 0 Å². The highest BCUT2D eigenvalue weighted by molar-refractivity contribution is 9.09. The summed E-state index contributed by atoms with van der Waals surface area (Å²) in [6.45, 7) is 1.25. The Morgan fingerprint density at radius 2 is 2.33 bits per heavy atom. The molecular formula is C8H9BrO3. The maximum atomic E-state index is 10.6. The molecular weight excluding hydrogens is 224 g/mol. The van der Waals surface area contributed by atoms with E-state index in [9.17, 15) is 9.90 Å². The smallest absolute Gasteiger partial charge is 0.305 e. The fraction of sp³-hybridized carbons (Fsp3) is 0.375. The van der Waals surface area contributed by atoms with E-state index in [-0.39, 0.29) is 4.83 Å². The summed E-state index contributed by atoms with van der Waals surface area (Å²) < 4.78 is 4.72. The summed E-state index contributed by atoms with van der Waals surface area (Å²) in [5.74, 6) is -2.05. The molecule has 0 unspecified atom stereocenters.